The molecule has 0 unspecified atom stereocenters. The molecule has 1 aromatic heterocycles. The molecule has 0 bridgehead atoms. The Morgan fingerprint density at radius 2 is 2.27 bits per heavy atom. The predicted molar refractivity (Wildman–Crippen MR) is 87.7 cm³/mol. The van der Waals surface area contributed by atoms with Crippen LogP contribution in [0.1, 0.15) is 13.3 Å². The molecule has 0 saturated heterocycles. The molecule has 0 fully saturated rings. The summed E-state index contributed by atoms with van der Waals surface area (Å²) >= 11 is 1.60. The van der Waals surface area contributed by atoms with E-state index < -0.39 is 0 Å². The molecule has 0 atom stereocenters. The van der Waals surface area contributed by atoms with Crippen LogP contribution in [0, 0.1) is 0 Å². The molecule has 6 nitrogen and oxygen atoms in total. The lowest BCUT2D eigenvalue weighted by Gasteiger charge is -2.26. The van der Waals surface area contributed by atoms with Crippen molar-refractivity contribution in [1.29, 1.82) is 0 Å². The molecular weight excluding hydrogens is 300 g/mol. The molecule has 1 aliphatic rings. The van der Waals surface area contributed by atoms with Crippen molar-refractivity contribution >= 4 is 32.8 Å². The number of rotatable bonds is 4. The van der Waals surface area contributed by atoms with Gasteiger partial charge in [0.25, 0.3) is 0 Å². The van der Waals surface area contributed by atoms with Crippen LogP contribution in [0.4, 0.5) is 9.93 Å². The van der Waals surface area contributed by atoms with Crippen LogP contribution in [-0.4, -0.2) is 35.7 Å². The number of para-hydroxylation sites is 1. The summed E-state index contributed by atoms with van der Waals surface area (Å²) in [6.45, 7) is 3.43. The molecule has 1 amide bonds. The number of fused-ring (bicyclic) bond motifs is 1. The molecule has 2 N–H and O–H groups in total. The first-order chi connectivity index (χ1) is 10.8. The lowest BCUT2D eigenvalue weighted by Crippen LogP contribution is -2.37. The van der Waals surface area contributed by atoms with E-state index in [9.17, 15) is 4.79 Å². The second-order valence-electron chi connectivity index (χ2n) is 4.86. The number of hydrogen-bond donors (Lipinski definition) is 2. The summed E-state index contributed by atoms with van der Waals surface area (Å²) < 4.78 is 6.14. The second kappa shape index (κ2) is 6.65. The number of anilines is 1. The van der Waals surface area contributed by atoms with Gasteiger partial charge in [0, 0.05) is 25.2 Å². The van der Waals surface area contributed by atoms with Gasteiger partial charge in [-0.25, -0.2) is 9.78 Å². The molecule has 2 heterocycles. The number of nitrogens with one attached hydrogen (secondary N) is 2. The summed E-state index contributed by atoms with van der Waals surface area (Å²) in [6, 6.07) is 8.03. The van der Waals surface area contributed by atoms with Gasteiger partial charge in [-0.2, -0.15) is 0 Å². The maximum Gasteiger partial charge on any atom is 0.410 e. The lowest BCUT2D eigenvalue weighted by molar-refractivity contribution is 0.110. The van der Waals surface area contributed by atoms with Crippen LogP contribution >= 0.6 is 11.3 Å². The summed E-state index contributed by atoms with van der Waals surface area (Å²) in [6.07, 6.45) is 2.49. The number of hydrogen-bond acceptors (Lipinski definition) is 6. The molecular formula is C15H18N4O2S. The Bertz CT molecular complexity index is 665. The standard InChI is InChI=1S/C15H18N4O2S/c1-2-21-15(20)19-9-7-11(8-10-19)17-18-14-16-12-5-3-4-6-13(12)22-14/h3-7,17H,2,8-10H2,1H3,(H,16,18). The van der Waals surface area contributed by atoms with Crippen LogP contribution < -0.4 is 10.9 Å². The zero-order valence-electron chi connectivity index (χ0n) is 12.3. The maximum atomic E-state index is 11.6. The fraction of sp³-hybridized carbons (Fsp3) is 0.333. The second-order valence-corrected chi connectivity index (χ2v) is 5.89. The van der Waals surface area contributed by atoms with Crippen molar-refractivity contribution in [2.45, 2.75) is 13.3 Å². The molecule has 2 aromatic rings. The number of amides is 1. The molecule has 1 aliphatic heterocycles. The number of carbonyl (C=O) groups is 1. The fourth-order valence-electron chi connectivity index (χ4n) is 2.22. The predicted octanol–water partition coefficient (Wildman–Crippen LogP) is 2.96. The van der Waals surface area contributed by atoms with Gasteiger partial charge in [0.15, 0.2) is 0 Å². The third-order valence-corrected chi connectivity index (χ3v) is 4.31. The van der Waals surface area contributed by atoms with E-state index in [4.69, 9.17) is 4.74 Å². The minimum absolute atomic E-state index is 0.253. The Balaban J connectivity index is 1.55. The SMILES string of the molecule is CCOC(=O)N1CC=C(NNc2nc3ccccc3s2)CC1. The van der Waals surface area contributed by atoms with E-state index in [-0.39, 0.29) is 6.09 Å². The molecule has 3 rings (SSSR count). The van der Waals surface area contributed by atoms with Gasteiger partial charge >= 0.3 is 6.09 Å². The van der Waals surface area contributed by atoms with Crippen LogP contribution in [0.15, 0.2) is 36.0 Å². The zero-order chi connectivity index (χ0) is 15.4. The van der Waals surface area contributed by atoms with Crippen LogP contribution in [-0.2, 0) is 4.74 Å². The van der Waals surface area contributed by atoms with Crippen LogP contribution in [0.3, 0.4) is 0 Å². The Morgan fingerprint density at radius 3 is 3.00 bits per heavy atom. The highest BCUT2D eigenvalue weighted by atomic mass is 32.1. The van der Waals surface area contributed by atoms with Gasteiger partial charge in [-0.3, -0.25) is 5.43 Å². The minimum atomic E-state index is -0.253. The van der Waals surface area contributed by atoms with Gasteiger partial charge in [0.1, 0.15) is 0 Å². The number of nitrogens with zero attached hydrogens (tertiary/aromatic N) is 2. The zero-order valence-corrected chi connectivity index (χ0v) is 13.2. The Labute approximate surface area is 132 Å². The van der Waals surface area contributed by atoms with E-state index in [1.807, 2.05) is 31.2 Å². The maximum absolute atomic E-state index is 11.6. The van der Waals surface area contributed by atoms with Gasteiger partial charge in [-0.05, 0) is 25.1 Å². The van der Waals surface area contributed by atoms with Crippen molar-refractivity contribution in [2.75, 3.05) is 25.1 Å². The van der Waals surface area contributed by atoms with Crippen molar-refractivity contribution in [3.63, 3.8) is 0 Å². The number of thiazole rings is 1. The van der Waals surface area contributed by atoms with Crippen molar-refractivity contribution in [2.24, 2.45) is 0 Å². The summed E-state index contributed by atoms with van der Waals surface area (Å²) in [5, 5.41) is 0.829. The molecule has 22 heavy (non-hydrogen) atoms. The summed E-state index contributed by atoms with van der Waals surface area (Å²) in [5.74, 6) is 0. The van der Waals surface area contributed by atoms with Crippen LogP contribution in [0.25, 0.3) is 10.2 Å². The third kappa shape index (κ3) is 3.30. The average Bonchev–Trinajstić information content (AvgIpc) is 2.96. The van der Waals surface area contributed by atoms with E-state index in [2.05, 4.69) is 21.9 Å². The van der Waals surface area contributed by atoms with E-state index in [1.165, 1.54) is 0 Å². The average molecular weight is 318 g/mol. The summed E-state index contributed by atoms with van der Waals surface area (Å²) in [5.41, 5.74) is 8.34. The van der Waals surface area contributed by atoms with Crippen molar-refractivity contribution in [3.05, 3.63) is 36.0 Å². The van der Waals surface area contributed by atoms with E-state index in [0.717, 1.165) is 27.5 Å². The molecule has 0 saturated carbocycles. The first-order valence-corrected chi connectivity index (χ1v) is 8.06. The molecule has 0 aliphatic carbocycles. The highest BCUT2D eigenvalue weighted by molar-refractivity contribution is 7.22. The van der Waals surface area contributed by atoms with E-state index >= 15 is 0 Å². The molecule has 1 aromatic carbocycles. The summed E-state index contributed by atoms with van der Waals surface area (Å²) in [7, 11) is 0. The van der Waals surface area contributed by atoms with Crippen molar-refractivity contribution in [1.82, 2.24) is 15.3 Å². The van der Waals surface area contributed by atoms with Crippen molar-refractivity contribution < 1.29 is 9.53 Å². The highest BCUT2D eigenvalue weighted by Gasteiger charge is 2.17. The lowest BCUT2D eigenvalue weighted by atomic mass is 10.2. The number of aromatic nitrogens is 1. The highest BCUT2D eigenvalue weighted by Crippen LogP contribution is 2.25. The van der Waals surface area contributed by atoms with Gasteiger partial charge in [0.05, 0.1) is 16.8 Å². The number of ether oxygens (including phenoxy) is 1. The van der Waals surface area contributed by atoms with E-state index in [0.29, 0.717) is 19.7 Å². The monoisotopic (exact) mass is 318 g/mol. The smallest absolute Gasteiger partial charge is 0.410 e. The first kappa shape index (κ1) is 14.6. The normalized spacial score (nSPS) is 14.6. The first-order valence-electron chi connectivity index (χ1n) is 7.24. The van der Waals surface area contributed by atoms with Crippen molar-refractivity contribution in [3.8, 4) is 0 Å². The summed E-state index contributed by atoms with van der Waals surface area (Å²) in [4.78, 5) is 17.8. The third-order valence-electron chi connectivity index (χ3n) is 3.36. The van der Waals surface area contributed by atoms with Gasteiger partial charge in [-0.1, -0.05) is 23.5 Å². The topological polar surface area (TPSA) is 66.5 Å². The van der Waals surface area contributed by atoms with Crippen LogP contribution in [0.2, 0.25) is 0 Å². The number of carbonyl (C=O) groups excluding carboxylic acids is 1. The van der Waals surface area contributed by atoms with E-state index in [1.54, 1.807) is 16.2 Å². The van der Waals surface area contributed by atoms with Gasteiger partial charge in [-0.15, -0.1) is 0 Å². The fourth-order valence-corrected chi connectivity index (χ4v) is 3.04. The minimum Gasteiger partial charge on any atom is -0.450 e. The Morgan fingerprint density at radius 1 is 1.41 bits per heavy atom. The van der Waals surface area contributed by atoms with Crippen LogP contribution in [0.5, 0.6) is 0 Å². The van der Waals surface area contributed by atoms with Gasteiger partial charge in [0.2, 0.25) is 5.13 Å². The largest absolute Gasteiger partial charge is 0.450 e. The molecule has 0 radical (unpaired) electrons. The molecule has 0 spiro atoms. The molecule has 116 valence electrons. The molecule has 7 heteroatoms. The quantitative estimate of drug-likeness (QED) is 0.849. The number of benzene rings is 1. The number of hydrazine groups is 1. The van der Waals surface area contributed by atoms with Gasteiger partial charge < -0.3 is 15.1 Å². The Hall–Kier alpha value is -2.28. The Kier molecular flexibility index (Phi) is 4.43.